The molecule has 0 saturated heterocycles. The Morgan fingerprint density at radius 3 is 2.44 bits per heavy atom. The standard InChI is InChI=1S/C22H24O3/c1-13(23)19-10-15-11-20(14-6-8-16(24)9-7-14)17-4-2-3-5-18(17)21(15)12-22(19)25/h6-10,12,17-18,20,24-25H,2-5,11H2,1H3. The van der Waals surface area contributed by atoms with Crippen molar-refractivity contribution >= 4 is 5.78 Å². The first kappa shape index (κ1) is 16.2. The summed E-state index contributed by atoms with van der Waals surface area (Å²) in [6, 6.07) is 11.3. The third-order valence-electron chi connectivity index (χ3n) is 6.13. The van der Waals surface area contributed by atoms with Crippen molar-refractivity contribution in [3.63, 3.8) is 0 Å². The van der Waals surface area contributed by atoms with E-state index in [0.717, 1.165) is 12.8 Å². The first-order chi connectivity index (χ1) is 12.0. The van der Waals surface area contributed by atoms with Crippen LogP contribution >= 0.6 is 0 Å². The van der Waals surface area contributed by atoms with Crippen molar-refractivity contribution in [2.75, 3.05) is 0 Å². The van der Waals surface area contributed by atoms with Gasteiger partial charge in [0.05, 0.1) is 5.56 Å². The summed E-state index contributed by atoms with van der Waals surface area (Å²) < 4.78 is 0. The number of benzene rings is 2. The van der Waals surface area contributed by atoms with Gasteiger partial charge in [-0.15, -0.1) is 0 Å². The van der Waals surface area contributed by atoms with E-state index in [2.05, 4.69) is 0 Å². The normalized spacial score (nSPS) is 25.1. The zero-order valence-corrected chi connectivity index (χ0v) is 14.5. The van der Waals surface area contributed by atoms with E-state index < -0.39 is 0 Å². The molecule has 3 unspecified atom stereocenters. The van der Waals surface area contributed by atoms with E-state index in [1.165, 1.54) is 42.9 Å². The molecule has 0 bridgehead atoms. The van der Waals surface area contributed by atoms with Gasteiger partial charge in [0.15, 0.2) is 5.78 Å². The van der Waals surface area contributed by atoms with Crippen molar-refractivity contribution in [1.29, 1.82) is 0 Å². The van der Waals surface area contributed by atoms with E-state index >= 15 is 0 Å². The highest BCUT2D eigenvalue weighted by Gasteiger charge is 2.39. The average Bonchev–Trinajstić information content (AvgIpc) is 2.61. The Hall–Kier alpha value is -2.29. The van der Waals surface area contributed by atoms with Crippen molar-refractivity contribution in [3.05, 3.63) is 58.7 Å². The minimum absolute atomic E-state index is 0.0905. The Morgan fingerprint density at radius 2 is 1.72 bits per heavy atom. The lowest BCUT2D eigenvalue weighted by molar-refractivity contribution is 0.101. The van der Waals surface area contributed by atoms with Crippen molar-refractivity contribution in [2.45, 2.75) is 50.9 Å². The summed E-state index contributed by atoms with van der Waals surface area (Å²) in [5, 5.41) is 19.9. The molecule has 0 heterocycles. The predicted octanol–water partition coefficient (Wildman–Crippen LogP) is 4.91. The Labute approximate surface area is 148 Å². The number of hydrogen-bond donors (Lipinski definition) is 2. The molecule has 2 aromatic rings. The van der Waals surface area contributed by atoms with Gasteiger partial charge in [0.1, 0.15) is 11.5 Å². The molecular weight excluding hydrogens is 312 g/mol. The van der Waals surface area contributed by atoms with Crippen molar-refractivity contribution in [1.82, 2.24) is 0 Å². The zero-order chi connectivity index (χ0) is 17.6. The third-order valence-corrected chi connectivity index (χ3v) is 6.13. The molecule has 2 aromatic carbocycles. The summed E-state index contributed by atoms with van der Waals surface area (Å²) in [7, 11) is 0. The van der Waals surface area contributed by atoms with Gasteiger partial charge in [-0.05, 0) is 84.9 Å². The van der Waals surface area contributed by atoms with Crippen LogP contribution in [0, 0.1) is 5.92 Å². The monoisotopic (exact) mass is 336 g/mol. The van der Waals surface area contributed by atoms with Crippen LogP contribution in [-0.4, -0.2) is 16.0 Å². The van der Waals surface area contributed by atoms with Gasteiger partial charge in [0, 0.05) is 0 Å². The van der Waals surface area contributed by atoms with Crippen LogP contribution in [-0.2, 0) is 6.42 Å². The molecule has 130 valence electrons. The number of carbonyl (C=O) groups excluding carboxylic acids is 1. The molecule has 2 N–H and O–H groups in total. The number of ketones is 1. The van der Waals surface area contributed by atoms with Crippen molar-refractivity contribution < 1.29 is 15.0 Å². The molecule has 3 nitrogen and oxygen atoms in total. The van der Waals surface area contributed by atoms with Crippen molar-refractivity contribution in [2.24, 2.45) is 5.92 Å². The quantitative estimate of drug-likeness (QED) is 0.766. The predicted molar refractivity (Wildman–Crippen MR) is 97.4 cm³/mol. The number of rotatable bonds is 2. The van der Waals surface area contributed by atoms with E-state index in [1.807, 2.05) is 24.3 Å². The highest BCUT2D eigenvalue weighted by Crippen LogP contribution is 2.52. The van der Waals surface area contributed by atoms with Crippen LogP contribution in [0.25, 0.3) is 0 Å². The second kappa shape index (κ2) is 6.21. The van der Waals surface area contributed by atoms with Gasteiger partial charge in [-0.3, -0.25) is 4.79 Å². The highest BCUT2D eigenvalue weighted by atomic mass is 16.3. The highest BCUT2D eigenvalue weighted by molar-refractivity contribution is 5.97. The summed E-state index contributed by atoms with van der Waals surface area (Å²) in [6.07, 6.45) is 5.71. The molecule has 1 saturated carbocycles. The molecule has 0 aromatic heterocycles. The number of aromatic hydroxyl groups is 2. The van der Waals surface area contributed by atoms with Gasteiger partial charge < -0.3 is 10.2 Å². The Balaban J connectivity index is 1.80. The van der Waals surface area contributed by atoms with E-state index in [-0.39, 0.29) is 11.5 Å². The molecule has 0 radical (unpaired) electrons. The number of Topliss-reactive ketones (excluding diaryl/α,β-unsaturated/α-hetero) is 1. The topological polar surface area (TPSA) is 57.5 Å². The van der Waals surface area contributed by atoms with Crippen LogP contribution in [0.15, 0.2) is 36.4 Å². The maximum atomic E-state index is 11.8. The Kier molecular flexibility index (Phi) is 4.03. The number of phenolic OH excluding ortho intramolecular Hbond substituents is 2. The lowest BCUT2D eigenvalue weighted by atomic mass is 9.61. The average molecular weight is 336 g/mol. The molecule has 3 atom stereocenters. The molecule has 25 heavy (non-hydrogen) atoms. The van der Waals surface area contributed by atoms with Crippen LogP contribution in [0.5, 0.6) is 11.5 Å². The lowest BCUT2D eigenvalue weighted by Crippen LogP contribution is -2.31. The van der Waals surface area contributed by atoms with Crippen LogP contribution < -0.4 is 0 Å². The van der Waals surface area contributed by atoms with Crippen molar-refractivity contribution in [3.8, 4) is 11.5 Å². The molecular formula is C22H24O3. The molecule has 0 aliphatic heterocycles. The largest absolute Gasteiger partial charge is 0.508 e. The smallest absolute Gasteiger partial charge is 0.163 e. The van der Waals surface area contributed by atoms with Crippen LogP contribution in [0.1, 0.15) is 71.5 Å². The molecule has 0 spiro atoms. The van der Waals surface area contributed by atoms with Crippen LogP contribution in [0.3, 0.4) is 0 Å². The third kappa shape index (κ3) is 2.82. The summed E-state index contributed by atoms with van der Waals surface area (Å²) in [5.41, 5.74) is 4.13. The summed E-state index contributed by atoms with van der Waals surface area (Å²) in [6.45, 7) is 1.51. The number of fused-ring (bicyclic) bond motifs is 3. The van der Waals surface area contributed by atoms with Crippen LogP contribution in [0.4, 0.5) is 0 Å². The Morgan fingerprint density at radius 1 is 1.00 bits per heavy atom. The van der Waals surface area contributed by atoms with Gasteiger partial charge in [0.2, 0.25) is 0 Å². The second-order valence-electron chi connectivity index (χ2n) is 7.58. The zero-order valence-electron chi connectivity index (χ0n) is 14.5. The van der Waals surface area contributed by atoms with E-state index in [1.54, 1.807) is 12.1 Å². The summed E-state index contributed by atoms with van der Waals surface area (Å²) >= 11 is 0. The number of carbonyl (C=O) groups is 1. The molecule has 3 heteroatoms. The molecule has 2 aliphatic carbocycles. The molecule has 4 rings (SSSR count). The fourth-order valence-corrected chi connectivity index (χ4v) is 4.96. The SMILES string of the molecule is CC(=O)c1cc2c(cc1O)C1CCCCC1C(c1ccc(O)cc1)C2. The maximum absolute atomic E-state index is 11.8. The fraction of sp³-hybridized carbons (Fsp3) is 0.409. The second-order valence-corrected chi connectivity index (χ2v) is 7.58. The lowest BCUT2D eigenvalue weighted by Gasteiger charge is -2.43. The first-order valence-electron chi connectivity index (χ1n) is 9.20. The molecule has 1 fully saturated rings. The van der Waals surface area contributed by atoms with Gasteiger partial charge in [-0.25, -0.2) is 0 Å². The molecule has 0 amide bonds. The van der Waals surface area contributed by atoms with E-state index in [0.29, 0.717) is 29.1 Å². The number of phenols is 2. The summed E-state index contributed by atoms with van der Waals surface area (Å²) in [4.78, 5) is 11.8. The minimum atomic E-state index is -0.0905. The van der Waals surface area contributed by atoms with Gasteiger partial charge in [-0.1, -0.05) is 25.0 Å². The fourth-order valence-electron chi connectivity index (χ4n) is 4.96. The maximum Gasteiger partial charge on any atom is 0.163 e. The van der Waals surface area contributed by atoms with E-state index in [4.69, 9.17) is 0 Å². The van der Waals surface area contributed by atoms with Gasteiger partial charge >= 0.3 is 0 Å². The first-order valence-corrected chi connectivity index (χ1v) is 9.20. The number of hydrogen-bond acceptors (Lipinski definition) is 3. The van der Waals surface area contributed by atoms with Gasteiger partial charge in [-0.2, -0.15) is 0 Å². The van der Waals surface area contributed by atoms with E-state index in [9.17, 15) is 15.0 Å². The summed E-state index contributed by atoms with van der Waals surface area (Å²) in [5.74, 6) is 1.74. The Bertz CT molecular complexity index is 807. The minimum Gasteiger partial charge on any atom is -0.508 e. The van der Waals surface area contributed by atoms with Crippen LogP contribution in [0.2, 0.25) is 0 Å². The van der Waals surface area contributed by atoms with Gasteiger partial charge in [0.25, 0.3) is 0 Å². The molecule has 2 aliphatic rings.